The van der Waals surface area contributed by atoms with Gasteiger partial charge in [0.05, 0.1) is 0 Å². The van der Waals surface area contributed by atoms with Crippen LogP contribution in [0.25, 0.3) is 0 Å². The van der Waals surface area contributed by atoms with Crippen LogP contribution >= 0.6 is 0 Å². The number of phenolic OH excluding ortho intramolecular Hbond substituents is 1. The van der Waals surface area contributed by atoms with Crippen molar-refractivity contribution < 1.29 is 14.6 Å². The van der Waals surface area contributed by atoms with Crippen LogP contribution in [0.5, 0.6) is 11.5 Å². The van der Waals surface area contributed by atoms with E-state index in [1.165, 1.54) is 12.1 Å². The fourth-order valence-corrected chi connectivity index (χ4v) is 1.81. The third kappa shape index (κ3) is 1.31. The summed E-state index contributed by atoms with van der Waals surface area (Å²) in [7, 11) is 0. The van der Waals surface area contributed by atoms with E-state index < -0.39 is 0 Å². The first-order valence-corrected chi connectivity index (χ1v) is 5.07. The minimum absolute atomic E-state index is 0.0104. The molecule has 1 N–H and O–H groups in total. The number of hydrogen-bond donors (Lipinski definition) is 1. The van der Waals surface area contributed by atoms with Crippen molar-refractivity contribution in [2.45, 2.75) is 12.8 Å². The van der Waals surface area contributed by atoms with Crippen molar-refractivity contribution >= 4 is 17.2 Å². The van der Waals surface area contributed by atoms with Gasteiger partial charge in [-0.2, -0.15) is 0 Å². The summed E-state index contributed by atoms with van der Waals surface area (Å²) < 4.78 is 5.54. The fraction of sp³-hybridized carbons (Fsp3) is 0.167. The van der Waals surface area contributed by atoms with Crippen molar-refractivity contribution in [3.63, 3.8) is 0 Å². The highest BCUT2D eigenvalue weighted by Gasteiger charge is 2.27. The lowest BCUT2D eigenvalue weighted by molar-refractivity contribution is -0.113. The number of carbonyl (C=O) groups is 1. The molecule has 0 fully saturated rings. The molecule has 0 spiro atoms. The maximum Gasteiger partial charge on any atom is 0.185 e. The van der Waals surface area contributed by atoms with E-state index in [9.17, 15) is 9.90 Å². The predicted molar refractivity (Wildman–Crippen MR) is 58.2 cm³/mol. The average molecular weight is 215 g/mol. The number of nitrogens with zero attached hydrogens (tertiary/aromatic N) is 1. The lowest BCUT2D eigenvalue weighted by Crippen LogP contribution is -2.25. The van der Waals surface area contributed by atoms with Crippen LogP contribution < -0.4 is 4.74 Å². The van der Waals surface area contributed by atoms with E-state index in [-0.39, 0.29) is 11.5 Å². The molecule has 1 aliphatic heterocycles. The maximum absolute atomic E-state index is 11.6. The second kappa shape index (κ2) is 3.20. The molecule has 0 saturated heterocycles. The molecule has 0 aromatic heterocycles. The number of fused-ring (bicyclic) bond motifs is 2. The predicted octanol–water partition coefficient (Wildman–Crippen LogP) is 2.10. The van der Waals surface area contributed by atoms with Gasteiger partial charge in [-0.25, -0.2) is 4.99 Å². The quantitative estimate of drug-likeness (QED) is 0.721. The van der Waals surface area contributed by atoms with Gasteiger partial charge in [-0.15, -0.1) is 0 Å². The molecule has 1 aromatic rings. The van der Waals surface area contributed by atoms with Crippen molar-refractivity contribution in [2.75, 3.05) is 0 Å². The molecule has 0 radical (unpaired) electrons. The van der Waals surface area contributed by atoms with Gasteiger partial charge in [-0.05, 0) is 24.6 Å². The van der Waals surface area contributed by atoms with Crippen molar-refractivity contribution in [2.24, 2.45) is 4.99 Å². The lowest BCUT2D eigenvalue weighted by Gasteiger charge is -2.21. The van der Waals surface area contributed by atoms with Crippen LogP contribution in [-0.4, -0.2) is 16.6 Å². The summed E-state index contributed by atoms with van der Waals surface area (Å²) in [6.45, 7) is 0. The Morgan fingerprint density at radius 2 is 2.25 bits per heavy atom. The summed E-state index contributed by atoms with van der Waals surface area (Å²) in [6.07, 6.45) is 3.02. The average Bonchev–Trinajstić information content (AvgIpc) is 2.27. The molecule has 16 heavy (non-hydrogen) atoms. The zero-order valence-electron chi connectivity index (χ0n) is 8.43. The van der Waals surface area contributed by atoms with Crippen LogP contribution in [0.15, 0.2) is 35.0 Å². The van der Waals surface area contributed by atoms with E-state index in [1.807, 2.05) is 6.08 Å². The molecule has 80 valence electrons. The molecule has 1 aliphatic carbocycles. The summed E-state index contributed by atoms with van der Waals surface area (Å²) in [4.78, 5) is 15.9. The first-order valence-electron chi connectivity index (χ1n) is 5.07. The van der Waals surface area contributed by atoms with Gasteiger partial charge in [0.2, 0.25) is 0 Å². The molecular weight excluding hydrogens is 206 g/mol. The summed E-state index contributed by atoms with van der Waals surface area (Å²) in [5.41, 5.74) is 0.977. The highest BCUT2D eigenvalue weighted by molar-refractivity contribution is 6.47. The smallest absolute Gasteiger partial charge is 0.185 e. The number of aliphatic imine (C=N–C) groups is 1. The summed E-state index contributed by atoms with van der Waals surface area (Å²) in [6, 6.07) is 4.65. The van der Waals surface area contributed by atoms with Crippen molar-refractivity contribution in [1.29, 1.82) is 0 Å². The van der Waals surface area contributed by atoms with Gasteiger partial charge in [0, 0.05) is 12.5 Å². The van der Waals surface area contributed by atoms with E-state index in [4.69, 9.17) is 4.74 Å². The van der Waals surface area contributed by atoms with E-state index >= 15 is 0 Å². The molecule has 0 unspecified atom stereocenters. The SMILES string of the molecule is O=C1CCC=C2Oc3cc(O)ccc3N=C12. The Morgan fingerprint density at radius 3 is 3.12 bits per heavy atom. The molecule has 4 heteroatoms. The Kier molecular flexibility index (Phi) is 1.83. The normalized spacial score (nSPS) is 17.9. The highest BCUT2D eigenvalue weighted by Crippen LogP contribution is 2.37. The van der Waals surface area contributed by atoms with E-state index in [2.05, 4.69) is 4.99 Å². The number of hydrogen-bond acceptors (Lipinski definition) is 4. The molecule has 2 aliphatic rings. The fourth-order valence-electron chi connectivity index (χ4n) is 1.81. The monoisotopic (exact) mass is 215 g/mol. The molecule has 3 rings (SSSR count). The van der Waals surface area contributed by atoms with Crippen LogP contribution in [0.1, 0.15) is 12.8 Å². The lowest BCUT2D eigenvalue weighted by atomic mass is 10.0. The number of benzene rings is 1. The molecule has 0 atom stereocenters. The third-order valence-corrected chi connectivity index (χ3v) is 2.59. The Morgan fingerprint density at radius 1 is 1.38 bits per heavy atom. The minimum Gasteiger partial charge on any atom is -0.508 e. The van der Waals surface area contributed by atoms with Gasteiger partial charge in [0.15, 0.2) is 17.3 Å². The first kappa shape index (κ1) is 9.15. The highest BCUT2D eigenvalue weighted by atomic mass is 16.5. The summed E-state index contributed by atoms with van der Waals surface area (Å²) in [5, 5.41) is 9.32. The van der Waals surface area contributed by atoms with Crippen LogP contribution in [0.4, 0.5) is 5.69 Å². The summed E-state index contributed by atoms with van der Waals surface area (Å²) >= 11 is 0. The van der Waals surface area contributed by atoms with Crippen LogP contribution in [0.2, 0.25) is 0 Å². The standard InChI is InChI=1S/C12H9NO3/c14-7-4-5-8-11(6-7)16-10-3-1-2-9(15)12(10)13-8/h3-6,14H,1-2H2. The number of allylic oxidation sites excluding steroid dienone is 2. The number of phenols is 1. The molecule has 0 amide bonds. The largest absolute Gasteiger partial charge is 0.508 e. The van der Waals surface area contributed by atoms with Crippen molar-refractivity contribution in [3.05, 3.63) is 30.0 Å². The second-order valence-corrected chi connectivity index (χ2v) is 3.74. The van der Waals surface area contributed by atoms with Gasteiger partial charge < -0.3 is 9.84 Å². The maximum atomic E-state index is 11.6. The van der Waals surface area contributed by atoms with E-state index in [1.54, 1.807) is 6.07 Å². The zero-order chi connectivity index (χ0) is 11.1. The van der Waals surface area contributed by atoms with Gasteiger partial charge in [-0.1, -0.05) is 0 Å². The molecule has 0 saturated carbocycles. The Balaban J connectivity index is 2.16. The van der Waals surface area contributed by atoms with Crippen molar-refractivity contribution in [3.8, 4) is 11.5 Å². The summed E-state index contributed by atoms with van der Waals surface area (Å²) in [5.74, 6) is 1.13. The van der Waals surface area contributed by atoms with Gasteiger partial charge in [0.25, 0.3) is 0 Å². The molecule has 1 aromatic carbocycles. The molecule has 4 nitrogen and oxygen atoms in total. The van der Waals surface area contributed by atoms with Gasteiger partial charge >= 0.3 is 0 Å². The number of aromatic hydroxyl groups is 1. The Hall–Kier alpha value is -2.10. The van der Waals surface area contributed by atoms with Gasteiger partial charge in [-0.3, -0.25) is 4.79 Å². The van der Waals surface area contributed by atoms with Crippen LogP contribution in [0.3, 0.4) is 0 Å². The van der Waals surface area contributed by atoms with Crippen molar-refractivity contribution in [1.82, 2.24) is 0 Å². The van der Waals surface area contributed by atoms with Crippen LogP contribution in [-0.2, 0) is 4.79 Å². The van der Waals surface area contributed by atoms with Crippen LogP contribution in [0, 0.1) is 0 Å². The van der Waals surface area contributed by atoms with Gasteiger partial charge in [0.1, 0.15) is 17.1 Å². The molecule has 0 bridgehead atoms. The minimum atomic E-state index is 0.0104. The number of ketones is 1. The topological polar surface area (TPSA) is 58.9 Å². The first-order chi connectivity index (χ1) is 7.74. The van der Waals surface area contributed by atoms with E-state index in [0.29, 0.717) is 35.7 Å². The van der Waals surface area contributed by atoms with E-state index in [0.717, 1.165) is 0 Å². The number of rotatable bonds is 0. The zero-order valence-corrected chi connectivity index (χ0v) is 8.43. The number of Topliss-reactive ketones (excluding diaryl/α,β-unsaturated/α-hetero) is 1. The Bertz CT molecular complexity index is 543. The molecular formula is C12H9NO3. The number of ether oxygens (including phenoxy) is 1. The number of carbonyl (C=O) groups excluding carboxylic acids is 1. The molecule has 1 heterocycles. The third-order valence-electron chi connectivity index (χ3n) is 2.59. The Labute approximate surface area is 91.9 Å². The second-order valence-electron chi connectivity index (χ2n) is 3.74.